The van der Waals surface area contributed by atoms with Gasteiger partial charge in [0.25, 0.3) is 5.91 Å². The van der Waals surface area contributed by atoms with Crippen LogP contribution >= 0.6 is 0 Å². The minimum absolute atomic E-state index is 0.105. The highest BCUT2D eigenvalue weighted by Gasteiger charge is 2.49. The molecule has 0 unspecified atom stereocenters. The quantitative estimate of drug-likeness (QED) is 0.665. The first-order valence-electron chi connectivity index (χ1n) is 11.7. The third-order valence-corrected chi connectivity index (χ3v) is 6.98. The molecule has 1 N–H and O–H groups in total. The van der Waals surface area contributed by atoms with Crippen molar-refractivity contribution in [2.24, 2.45) is 0 Å². The topological polar surface area (TPSA) is 80.4 Å². The van der Waals surface area contributed by atoms with Gasteiger partial charge in [-0.2, -0.15) is 0 Å². The molecule has 1 saturated carbocycles. The summed E-state index contributed by atoms with van der Waals surface area (Å²) in [5, 5.41) is 3.30. The molecule has 1 aromatic carbocycles. The van der Waals surface area contributed by atoms with Crippen LogP contribution in [0, 0.1) is 0 Å². The van der Waals surface area contributed by atoms with Crippen molar-refractivity contribution in [2.75, 3.05) is 0 Å². The van der Waals surface area contributed by atoms with E-state index in [2.05, 4.69) is 10.3 Å². The second-order valence-electron chi connectivity index (χ2n) is 9.27. The summed E-state index contributed by atoms with van der Waals surface area (Å²) in [7, 11) is 0. The van der Waals surface area contributed by atoms with Crippen molar-refractivity contribution in [2.45, 2.75) is 76.5 Å². The zero-order valence-corrected chi connectivity index (χ0v) is 18.5. The number of hydrogen-bond acceptors (Lipinski definition) is 4. The van der Waals surface area contributed by atoms with Crippen molar-refractivity contribution in [3.8, 4) is 0 Å². The molecule has 7 heteroatoms. The highest BCUT2D eigenvalue weighted by molar-refractivity contribution is 6.01. The van der Waals surface area contributed by atoms with E-state index in [-0.39, 0.29) is 24.4 Å². The normalized spacial score (nSPS) is 22.4. The van der Waals surface area contributed by atoms with E-state index in [1.54, 1.807) is 17.2 Å². The lowest BCUT2D eigenvalue weighted by Crippen LogP contribution is -2.64. The Bertz CT molecular complexity index is 1110. The molecule has 1 aliphatic carbocycles. The number of amides is 2. The highest BCUT2D eigenvalue weighted by atomic mass is 16.3. The van der Waals surface area contributed by atoms with Crippen molar-refractivity contribution in [1.29, 1.82) is 0 Å². The second kappa shape index (κ2) is 8.45. The second-order valence-corrected chi connectivity index (χ2v) is 9.27. The van der Waals surface area contributed by atoms with Crippen LogP contribution in [0.1, 0.15) is 68.2 Å². The lowest BCUT2D eigenvalue weighted by atomic mass is 9.92. The van der Waals surface area contributed by atoms with Crippen LogP contribution in [0.25, 0.3) is 11.0 Å². The lowest BCUT2D eigenvalue weighted by molar-refractivity contribution is -0.134. The van der Waals surface area contributed by atoms with Crippen molar-refractivity contribution < 1.29 is 14.0 Å². The monoisotopic (exact) mass is 434 g/mol. The van der Waals surface area contributed by atoms with Crippen molar-refractivity contribution in [3.63, 3.8) is 0 Å². The number of nitrogens with one attached hydrogen (secondary N) is 1. The average molecular weight is 435 g/mol. The van der Waals surface area contributed by atoms with Gasteiger partial charge in [0.1, 0.15) is 11.3 Å². The minimum atomic E-state index is -1.05. The first kappa shape index (κ1) is 20.8. The van der Waals surface area contributed by atoms with E-state index < -0.39 is 5.54 Å². The molecule has 3 aromatic rings. The molecule has 3 heterocycles. The first-order chi connectivity index (χ1) is 15.6. The molecule has 1 fully saturated rings. The zero-order chi connectivity index (χ0) is 22.1. The number of nitrogens with zero attached hydrogens (tertiary/aromatic N) is 3. The number of benzene rings is 1. The Morgan fingerprint density at radius 3 is 2.62 bits per heavy atom. The number of furan rings is 1. The fourth-order valence-corrected chi connectivity index (χ4v) is 5.08. The fourth-order valence-electron chi connectivity index (χ4n) is 5.08. The molecular formula is C25H30N4O3. The van der Waals surface area contributed by atoms with Gasteiger partial charge in [-0.3, -0.25) is 9.59 Å². The van der Waals surface area contributed by atoms with E-state index in [0.717, 1.165) is 36.7 Å². The van der Waals surface area contributed by atoms with Crippen molar-refractivity contribution in [3.05, 3.63) is 54.2 Å². The van der Waals surface area contributed by atoms with Gasteiger partial charge in [-0.1, -0.05) is 44.2 Å². The number of hydrogen-bond donors (Lipinski definition) is 1. The Labute approximate surface area is 187 Å². The number of aromatic nitrogens is 2. The van der Waals surface area contributed by atoms with Crippen LogP contribution in [0.3, 0.4) is 0 Å². The van der Waals surface area contributed by atoms with E-state index in [1.807, 2.05) is 41.8 Å². The van der Waals surface area contributed by atoms with Gasteiger partial charge in [-0.25, -0.2) is 4.98 Å². The Kier molecular flexibility index (Phi) is 5.49. The minimum Gasteiger partial charge on any atom is -0.467 e. The van der Waals surface area contributed by atoms with Gasteiger partial charge in [-0.15, -0.1) is 0 Å². The molecule has 5 rings (SSSR count). The number of imidazole rings is 1. The Morgan fingerprint density at radius 1 is 1.12 bits per heavy atom. The van der Waals surface area contributed by atoms with E-state index >= 15 is 0 Å². The molecular weight excluding hydrogens is 404 g/mol. The summed E-state index contributed by atoms with van der Waals surface area (Å²) in [6.07, 6.45) is 9.56. The largest absolute Gasteiger partial charge is 0.467 e. The Balaban J connectivity index is 1.50. The van der Waals surface area contributed by atoms with Gasteiger partial charge < -0.3 is 19.2 Å². The van der Waals surface area contributed by atoms with Gasteiger partial charge in [0.15, 0.2) is 5.82 Å². The number of rotatable bonds is 4. The molecule has 0 radical (unpaired) electrons. The maximum absolute atomic E-state index is 13.8. The molecule has 1 aliphatic heterocycles. The Hall–Kier alpha value is -3.09. The van der Waals surface area contributed by atoms with E-state index in [9.17, 15) is 9.59 Å². The van der Waals surface area contributed by atoms with Gasteiger partial charge in [0.05, 0.1) is 30.4 Å². The van der Waals surface area contributed by atoms with Crippen molar-refractivity contribution in [1.82, 2.24) is 19.8 Å². The SMILES string of the molecule is C[C@@]1(C(=O)NC2CCCCCCC2)Cn2c(nc3ccccc32)C(=O)N1Cc1ccco1. The van der Waals surface area contributed by atoms with Gasteiger partial charge >= 0.3 is 0 Å². The summed E-state index contributed by atoms with van der Waals surface area (Å²) in [6.45, 7) is 2.45. The van der Waals surface area contributed by atoms with Crippen LogP contribution < -0.4 is 5.32 Å². The summed E-state index contributed by atoms with van der Waals surface area (Å²) < 4.78 is 7.43. The molecule has 168 valence electrons. The number of carbonyl (C=O) groups is 2. The number of carbonyl (C=O) groups excluding carboxylic acids is 2. The van der Waals surface area contributed by atoms with E-state index in [0.29, 0.717) is 18.1 Å². The molecule has 32 heavy (non-hydrogen) atoms. The highest BCUT2D eigenvalue weighted by Crippen LogP contribution is 2.32. The third-order valence-electron chi connectivity index (χ3n) is 6.98. The average Bonchev–Trinajstić information content (AvgIpc) is 3.41. The van der Waals surface area contributed by atoms with E-state index in [1.165, 1.54) is 19.3 Å². The van der Waals surface area contributed by atoms with Gasteiger partial charge in [-0.05, 0) is 44.0 Å². The van der Waals surface area contributed by atoms with Crippen LogP contribution in [-0.2, 0) is 17.9 Å². The Morgan fingerprint density at radius 2 is 1.88 bits per heavy atom. The molecule has 0 bridgehead atoms. The summed E-state index contributed by atoms with van der Waals surface area (Å²) in [4.78, 5) is 33.6. The fraction of sp³-hybridized carbons (Fsp3) is 0.480. The molecule has 2 aromatic heterocycles. The summed E-state index contributed by atoms with van der Waals surface area (Å²) >= 11 is 0. The molecule has 7 nitrogen and oxygen atoms in total. The van der Waals surface area contributed by atoms with Crippen LogP contribution in [0.2, 0.25) is 0 Å². The number of fused-ring (bicyclic) bond motifs is 3. The maximum Gasteiger partial charge on any atom is 0.291 e. The van der Waals surface area contributed by atoms with Crippen molar-refractivity contribution >= 4 is 22.8 Å². The van der Waals surface area contributed by atoms with E-state index in [4.69, 9.17) is 4.42 Å². The molecule has 2 amide bonds. The zero-order valence-electron chi connectivity index (χ0n) is 18.5. The standard InChI is InChI=1S/C25H30N4O3/c1-25(24(31)26-18-10-5-3-2-4-6-11-18)17-28-21-14-8-7-13-20(21)27-22(28)23(30)29(25)16-19-12-9-15-32-19/h7-9,12-15,18H,2-6,10-11,16-17H2,1H3,(H,26,31)/t25-/m0/s1. The molecule has 0 spiro atoms. The lowest BCUT2D eigenvalue weighted by Gasteiger charge is -2.43. The molecule has 2 aliphatic rings. The molecule has 0 saturated heterocycles. The predicted octanol–water partition coefficient (Wildman–Crippen LogP) is 4.27. The van der Waals surface area contributed by atoms with Crippen LogP contribution in [0.5, 0.6) is 0 Å². The summed E-state index contributed by atoms with van der Waals surface area (Å²) in [6, 6.07) is 11.5. The summed E-state index contributed by atoms with van der Waals surface area (Å²) in [5.74, 6) is 0.660. The smallest absolute Gasteiger partial charge is 0.291 e. The number of para-hydroxylation sites is 2. The predicted molar refractivity (Wildman–Crippen MR) is 121 cm³/mol. The van der Waals surface area contributed by atoms with Crippen LogP contribution in [0.4, 0.5) is 0 Å². The summed E-state index contributed by atoms with van der Waals surface area (Å²) in [5.41, 5.74) is 0.583. The van der Waals surface area contributed by atoms with Crippen LogP contribution in [0.15, 0.2) is 47.1 Å². The third kappa shape index (κ3) is 3.70. The van der Waals surface area contributed by atoms with Gasteiger partial charge in [0.2, 0.25) is 5.91 Å². The maximum atomic E-state index is 13.8. The molecule has 1 atom stereocenters. The first-order valence-corrected chi connectivity index (χ1v) is 11.7. The van der Waals surface area contributed by atoms with Crippen LogP contribution in [-0.4, -0.2) is 37.8 Å². The van der Waals surface area contributed by atoms with Gasteiger partial charge in [0, 0.05) is 6.04 Å².